The van der Waals surface area contributed by atoms with Crippen molar-refractivity contribution in [2.24, 2.45) is 0 Å². The molecule has 3 aromatic heterocycles. The molecule has 0 saturated carbocycles. The number of hydrogen-bond donors (Lipinski definition) is 0. The number of para-hydroxylation sites is 1. The van der Waals surface area contributed by atoms with Crippen LogP contribution in [-0.4, -0.2) is 24.8 Å². The fourth-order valence-electron chi connectivity index (χ4n) is 2.08. The monoisotopic (exact) mass is 321 g/mol. The first-order valence-corrected chi connectivity index (χ1v) is 6.99. The van der Waals surface area contributed by atoms with Crippen LogP contribution in [0.1, 0.15) is 5.82 Å². The van der Waals surface area contributed by atoms with Crippen molar-refractivity contribution < 1.29 is 13.2 Å². The van der Waals surface area contributed by atoms with Gasteiger partial charge in [-0.25, -0.2) is 4.98 Å². The Balaban J connectivity index is 1.87. The largest absolute Gasteiger partial charge is 0.453 e. The zero-order valence-electron chi connectivity index (χ0n) is 10.7. The number of hydrogen-bond acceptors (Lipinski definition) is 5. The minimum absolute atomic E-state index is 0.0808. The molecule has 22 heavy (non-hydrogen) atoms. The zero-order valence-corrected chi connectivity index (χ0v) is 11.6. The summed E-state index contributed by atoms with van der Waals surface area (Å²) in [5.41, 5.74) is 1.25. The van der Waals surface area contributed by atoms with Crippen molar-refractivity contribution in [1.82, 2.24) is 24.8 Å². The Labute approximate surface area is 125 Å². The first-order chi connectivity index (χ1) is 10.5. The SMILES string of the molecule is FC(F)(F)c1nnc2sc(-c3ccc4ccccc4n3)nn12. The van der Waals surface area contributed by atoms with E-state index in [-0.39, 0.29) is 4.96 Å². The van der Waals surface area contributed by atoms with Crippen LogP contribution in [0.2, 0.25) is 0 Å². The van der Waals surface area contributed by atoms with Crippen molar-refractivity contribution >= 4 is 27.2 Å². The normalized spacial score (nSPS) is 12.3. The van der Waals surface area contributed by atoms with E-state index >= 15 is 0 Å². The molecule has 0 amide bonds. The van der Waals surface area contributed by atoms with Gasteiger partial charge in [-0.2, -0.15) is 22.8 Å². The van der Waals surface area contributed by atoms with E-state index in [0.29, 0.717) is 15.2 Å². The molecule has 0 unspecified atom stereocenters. The number of fused-ring (bicyclic) bond motifs is 2. The van der Waals surface area contributed by atoms with Gasteiger partial charge in [0.2, 0.25) is 4.96 Å². The first-order valence-electron chi connectivity index (χ1n) is 6.18. The highest BCUT2D eigenvalue weighted by Gasteiger charge is 2.38. The van der Waals surface area contributed by atoms with Gasteiger partial charge in [-0.15, -0.1) is 10.2 Å². The predicted molar refractivity (Wildman–Crippen MR) is 74.4 cm³/mol. The van der Waals surface area contributed by atoms with E-state index in [9.17, 15) is 13.2 Å². The molecule has 5 nitrogen and oxygen atoms in total. The molecule has 0 atom stereocenters. The Morgan fingerprint density at radius 1 is 1.00 bits per heavy atom. The molecular formula is C13H6F3N5S. The van der Waals surface area contributed by atoms with Crippen LogP contribution in [0, 0.1) is 0 Å². The second-order valence-corrected chi connectivity index (χ2v) is 5.47. The quantitative estimate of drug-likeness (QED) is 0.539. The molecule has 0 aliphatic carbocycles. The highest BCUT2D eigenvalue weighted by molar-refractivity contribution is 7.19. The number of nitrogens with zero attached hydrogens (tertiary/aromatic N) is 5. The molecule has 110 valence electrons. The van der Waals surface area contributed by atoms with Gasteiger partial charge in [0.25, 0.3) is 5.82 Å². The van der Waals surface area contributed by atoms with Gasteiger partial charge in [0.1, 0.15) is 5.69 Å². The molecule has 0 saturated heterocycles. The lowest BCUT2D eigenvalue weighted by atomic mass is 10.2. The summed E-state index contributed by atoms with van der Waals surface area (Å²) in [6, 6.07) is 11.1. The average molecular weight is 321 g/mol. The van der Waals surface area contributed by atoms with Crippen LogP contribution in [0.25, 0.3) is 26.6 Å². The molecule has 0 radical (unpaired) electrons. The van der Waals surface area contributed by atoms with Crippen molar-refractivity contribution in [1.29, 1.82) is 0 Å². The lowest BCUT2D eigenvalue weighted by Crippen LogP contribution is -2.11. The standard InChI is InChI=1S/C13H6F3N5S/c14-13(15,16)11-18-19-12-21(11)20-10(22-12)9-6-5-7-3-1-2-4-8(7)17-9/h1-6H. The van der Waals surface area contributed by atoms with Crippen LogP contribution >= 0.6 is 11.3 Å². The molecule has 0 fully saturated rings. The summed E-state index contributed by atoms with van der Waals surface area (Å²) in [7, 11) is 0. The van der Waals surface area contributed by atoms with E-state index in [0.717, 1.165) is 22.2 Å². The van der Waals surface area contributed by atoms with E-state index in [1.54, 1.807) is 6.07 Å². The number of aromatic nitrogens is 5. The van der Waals surface area contributed by atoms with Crippen molar-refractivity contribution in [2.45, 2.75) is 6.18 Å². The third kappa shape index (κ3) is 2.01. The molecule has 0 aliphatic rings. The van der Waals surface area contributed by atoms with Crippen LogP contribution in [-0.2, 0) is 6.18 Å². The van der Waals surface area contributed by atoms with Crippen LogP contribution in [0.5, 0.6) is 0 Å². The molecular weight excluding hydrogens is 315 g/mol. The fourth-order valence-corrected chi connectivity index (χ4v) is 2.89. The second-order valence-electron chi connectivity index (χ2n) is 4.51. The number of halogens is 3. The Morgan fingerprint density at radius 3 is 2.64 bits per heavy atom. The summed E-state index contributed by atoms with van der Waals surface area (Å²) in [6.07, 6.45) is -4.60. The molecule has 4 rings (SSSR count). The van der Waals surface area contributed by atoms with E-state index in [4.69, 9.17) is 0 Å². The molecule has 0 spiro atoms. The Hall–Kier alpha value is -2.55. The molecule has 3 heterocycles. The van der Waals surface area contributed by atoms with Crippen molar-refractivity contribution in [2.75, 3.05) is 0 Å². The van der Waals surface area contributed by atoms with Gasteiger partial charge in [-0.1, -0.05) is 35.6 Å². The van der Waals surface area contributed by atoms with E-state index in [1.807, 2.05) is 30.3 Å². The molecule has 0 aliphatic heterocycles. The number of pyridine rings is 1. The van der Waals surface area contributed by atoms with E-state index in [1.165, 1.54) is 0 Å². The number of rotatable bonds is 1. The smallest absolute Gasteiger partial charge is 0.245 e. The van der Waals surface area contributed by atoms with Gasteiger partial charge in [0.05, 0.1) is 5.52 Å². The fraction of sp³-hybridized carbons (Fsp3) is 0.0769. The summed E-state index contributed by atoms with van der Waals surface area (Å²) in [4.78, 5) is 4.50. The highest BCUT2D eigenvalue weighted by atomic mass is 32.1. The summed E-state index contributed by atoms with van der Waals surface area (Å²) in [5, 5.41) is 11.9. The summed E-state index contributed by atoms with van der Waals surface area (Å²) in [5.74, 6) is -1.13. The maximum Gasteiger partial charge on any atom is 0.453 e. The van der Waals surface area contributed by atoms with Gasteiger partial charge in [0, 0.05) is 5.39 Å². The molecule has 0 N–H and O–H groups in total. The lowest BCUT2D eigenvalue weighted by Gasteiger charge is -2.01. The number of benzene rings is 1. The average Bonchev–Trinajstić information content (AvgIpc) is 3.05. The third-order valence-corrected chi connectivity index (χ3v) is 3.98. The highest BCUT2D eigenvalue weighted by Crippen LogP contribution is 2.31. The third-order valence-electron chi connectivity index (χ3n) is 3.06. The van der Waals surface area contributed by atoms with E-state index < -0.39 is 12.0 Å². The van der Waals surface area contributed by atoms with Gasteiger partial charge >= 0.3 is 6.18 Å². The van der Waals surface area contributed by atoms with Crippen LogP contribution in [0.15, 0.2) is 36.4 Å². The maximum atomic E-state index is 12.8. The van der Waals surface area contributed by atoms with Gasteiger partial charge in [-0.05, 0) is 12.1 Å². The first kappa shape index (κ1) is 13.1. The molecule has 1 aromatic carbocycles. The Morgan fingerprint density at radius 2 is 1.82 bits per heavy atom. The topological polar surface area (TPSA) is 56.0 Å². The Bertz CT molecular complexity index is 988. The van der Waals surface area contributed by atoms with Crippen LogP contribution in [0.4, 0.5) is 13.2 Å². The minimum Gasteiger partial charge on any atom is -0.245 e. The minimum atomic E-state index is -4.60. The molecule has 4 aromatic rings. The number of alkyl halides is 3. The van der Waals surface area contributed by atoms with Crippen LogP contribution < -0.4 is 0 Å². The van der Waals surface area contributed by atoms with E-state index in [2.05, 4.69) is 20.3 Å². The van der Waals surface area contributed by atoms with Gasteiger partial charge < -0.3 is 0 Å². The van der Waals surface area contributed by atoms with Gasteiger partial charge in [-0.3, -0.25) is 0 Å². The molecule has 9 heteroatoms. The lowest BCUT2D eigenvalue weighted by molar-refractivity contribution is -0.146. The second kappa shape index (κ2) is 4.47. The predicted octanol–water partition coefficient (Wildman–Crippen LogP) is 3.42. The Kier molecular flexibility index (Phi) is 2.67. The van der Waals surface area contributed by atoms with Crippen molar-refractivity contribution in [3.8, 4) is 10.7 Å². The summed E-state index contributed by atoms with van der Waals surface area (Å²) in [6.45, 7) is 0. The van der Waals surface area contributed by atoms with Crippen molar-refractivity contribution in [3.05, 3.63) is 42.2 Å². The zero-order chi connectivity index (χ0) is 15.3. The summed E-state index contributed by atoms with van der Waals surface area (Å²) >= 11 is 1.01. The maximum absolute atomic E-state index is 12.8. The molecule has 0 bridgehead atoms. The van der Waals surface area contributed by atoms with Crippen LogP contribution in [0.3, 0.4) is 0 Å². The summed E-state index contributed by atoms with van der Waals surface area (Å²) < 4.78 is 39.1. The van der Waals surface area contributed by atoms with Crippen molar-refractivity contribution in [3.63, 3.8) is 0 Å². The van der Waals surface area contributed by atoms with Gasteiger partial charge in [0.15, 0.2) is 5.01 Å².